The highest BCUT2D eigenvalue weighted by atomic mass is 16.3. The molecule has 1 N–H and O–H groups in total. The monoisotopic (exact) mass is 400 g/mol. The lowest BCUT2D eigenvalue weighted by Gasteiger charge is -2.58. The van der Waals surface area contributed by atoms with E-state index >= 15 is 0 Å². The molecule has 0 aromatic heterocycles. The summed E-state index contributed by atoms with van der Waals surface area (Å²) in [6.07, 6.45) is 18.6. The lowest BCUT2D eigenvalue weighted by atomic mass is 9.47. The molecular formula is C28H48O. The Kier molecular flexibility index (Phi) is 6.29. The van der Waals surface area contributed by atoms with Gasteiger partial charge in [0.2, 0.25) is 0 Å². The van der Waals surface area contributed by atoms with Crippen molar-refractivity contribution in [2.24, 2.45) is 46.3 Å². The van der Waals surface area contributed by atoms with Crippen molar-refractivity contribution in [3.05, 3.63) is 11.6 Å². The Balaban J connectivity index is 1.44. The first kappa shape index (κ1) is 21.9. The molecule has 4 aliphatic rings. The van der Waals surface area contributed by atoms with Crippen LogP contribution in [0.2, 0.25) is 0 Å². The molecule has 0 amide bonds. The van der Waals surface area contributed by atoms with Crippen LogP contribution < -0.4 is 0 Å². The van der Waals surface area contributed by atoms with Gasteiger partial charge in [0.15, 0.2) is 0 Å². The smallest absolute Gasteiger partial charge is 0.0577 e. The van der Waals surface area contributed by atoms with Gasteiger partial charge in [-0.2, -0.15) is 0 Å². The predicted octanol–water partition coefficient (Wildman–Crippen LogP) is 7.78. The van der Waals surface area contributed by atoms with Crippen molar-refractivity contribution in [3.63, 3.8) is 0 Å². The summed E-state index contributed by atoms with van der Waals surface area (Å²) in [5, 5.41) is 10.2. The van der Waals surface area contributed by atoms with Crippen LogP contribution in [0.5, 0.6) is 0 Å². The molecule has 0 aromatic rings. The Bertz CT molecular complexity index is 605. The fraction of sp³-hybridized carbons (Fsp3) is 0.929. The highest BCUT2D eigenvalue weighted by Gasteiger charge is 2.59. The second kappa shape index (κ2) is 8.33. The van der Waals surface area contributed by atoms with Crippen LogP contribution in [0.1, 0.15) is 112 Å². The molecule has 0 spiro atoms. The standard InChI is InChI=1S/C28H48O/c1-19(2)8-6-7-9-20(3)24-12-13-25-23-11-10-21-18-22(29)14-16-27(21,4)26(23)15-17-28(24,25)5/h10,19-20,22-26,29H,6-9,11-18H2,1-5H3/t20-,22+,23+,24-,25+,26+,27+,28-/m1/s1. The fourth-order valence-corrected chi connectivity index (χ4v) is 8.84. The number of unbranched alkanes of at least 4 members (excludes halogenated alkanes) is 1. The normalized spacial score (nSPS) is 45.3. The number of hydrogen-bond donors (Lipinski definition) is 1. The van der Waals surface area contributed by atoms with Crippen LogP contribution in [-0.2, 0) is 0 Å². The fourth-order valence-electron chi connectivity index (χ4n) is 8.84. The first-order valence-electron chi connectivity index (χ1n) is 13.1. The molecule has 0 aromatic carbocycles. The molecule has 0 radical (unpaired) electrons. The van der Waals surface area contributed by atoms with Gasteiger partial charge in [-0.3, -0.25) is 0 Å². The third-order valence-electron chi connectivity index (χ3n) is 10.5. The van der Waals surface area contributed by atoms with Crippen molar-refractivity contribution < 1.29 is 5.11 Å². The Hall–Kier alpha value is -0.300. The Morgan fingerprint density at radius 2 is 1.72 bits per heavy atom. The molecule has 29 heavy (non-hydrogen) atoms. The van der Waals surface area contributed by atoms with Crippen LogP contribution in [0, 0.1) is 46.3 Å². The van der Waals surface area contributed by atoms with Crippen LogP contribution in [-0.4, -0.2) is 11.2 Å². The quantitative estimate of drug-likeness (QED) is 0.356. The predicted molar refractivity (Wildman–Crippen MR) is 124 cm³/mol. The zero-order chi connectivity index (χ0) is 20.8. The molecular weight excluding hydrogens is 352 g/mol. The first-order valence-corrected chi connectivity index (χ1v) is 13.1. The lowest BCUT2D eigenvalue weighted by Crippen LogP contribution is -2.50. The Labute approximate surface area is 181 Å². The van der Waals surface area contributed by atoms with E-state index in [0.717, 1.165) is 48.3 Å². The maximum Gasteiger partial charge on any atom is 0.0577 e. The molecule has 3 fully saturated rings. The number of fused-ring (bicyclic) bond motifs is 5. The molecule has 166 valence electrons. The van der Waals surface area contributed by atoms with Gasteiger partial charge in [0, 0.05) is 0 Å². The van der Waals surface area contributed by atoms with Gasteiger partial charge in [0.1, 0.15) is 0 Å². The summed E-state index contributed by atoms with van der Waals surface area (Å²) >= 11 is 0. The largest absolute Gasteiger partial charge is 0.393 e. The topological polar surface area (TPSA) is 20.2 Å². The van der Waals surface area contributed by atoms with Gasteiger partial charge in [-0.1, -0.05) is 72.0 Å². The summed E-state index contributed by atoms with van der Waals surface area (Å²) in [5.74, 6) is 5.47. The van der Waals surface area contributed by atoms with Crippen LogP contribution in [0.25, 0.3) is 0 Å². The minimum absolute atomic E-state index is 0.0767. The molecule has 0 bridgehead atoms. The number of aliphatic hydroxyl groups is 1. The van der Waals surface area contributed by atoms with Gasteiger partial charge in [-0.25, -0.2) is 0 Å². The van der Waals surface area contributed by atoms with Crippen molar-refractivity contribution in [2.45, 2.75) is 118 Å². The zero-order valence-electron chi connectivity index (χ0n) is 20.1. The maximum atomic E-state index is 10.2. The number of rotatable bonds is 6. The molecule has 1 heteroatoms. The summed E-state index contributed by atoms with van der Waals surface area (Å²) in [4.78, 5) is 0. The maximum absolute atomic E-state index is 10.2. The average Bonchev–Trinajstić information content (AvgIpc) is 3.03. The molecule has 4 aliphatic carbocycles. The molecule has 1 nitrogen and oxygen atoms in total. The summed E-state index contributed by atoms with van der Waals surface area (Å²) in [7, 11) is 0. The van der Waals surface area contributed by atoms with Crippen LogP contribution >= 0.6 is 0 Å². The van der Waals surface area contributed by atoms with E-state index in [4.69, 9.17) is 0 Å². The lowest BCUT2D eigenvalue weighted by molar-refractivity contribution is -0.0572. The van der Waals surface area contributed by atoms with Crippen molar-refractivity contribution in [3.8, 4) is 0 Å². The Morgan fingerprint density at radius 1 is 0.966 bits per heavy atom. The van der Waals surface area contributed by atoms with Crippen molar-refractivity contribution in [2.75, 3.05) is 0 Å². The number of aliphatic hydroxyl groups excluding tert-OH is 1. The van der Waals surface area contributed by atoms with Crippen molar-refractivity contribution in [1.29, 1.82) is 0 Å². The molecule has 8 atom stereocenters. The van der Waals surface area contributed by atoms with E-state index in [0.29, 0.717) is 10.8 Å². The van der Waals surface area contributed by atoms with E-state index in [1.54, 1.807) is 5.57 Å². The first-order chi connectivity index (χ1) is 13.8. The van der Waals surface area contributed by atoms with E-state index in [-0.39, 0.29) is 6.10 Å². The van der Waals surface area contributed by atoms with Gasteiger partial charge in [0.25, 0.3) is 0 Å². The second-order valence-corrected chi connectivity index (χ2v) is 12.5. The van der Waals surface area contributed by atoms with Gasteiger partial charge >= 0.3 is 0 Å². The zero-order valence-corrected chi connectivity index (χ0v) is 20.1. The van der Waals surface area contributed by atoms with Crippen LogP contribution in [0.15, 0.2) is 11.6 Å². The summed E-state index contributed by atoms with van der Waals surface area (Å²) in [6, 6.07) is 0. The summed E-state index contributed by atoms with van der Waals surface area (Å²) in [5.41, 5.74) is 2.60. The summed E-state index contributed by atoms with van der Waals surface area (Å²) in [6.45, 7) is 12.6. The van der Waals surface area contributed by atoms with Gasteiger partial charge in [0.05, 0.1) is 6.10 Å². The molecule has 0 saturated heterocycles. The van der Waals surface area contributed by atoms with Gasteiger partial charge in [-0.05, 0) is 97.7 Å². The highest BCUT2D eigenvalue weighted by molar-refractivity contribution is 5.25. The van der Waals surface area contributed by atoms with Gasteiger partial charge < -0.3 is 5.11 Å². The second-order valence-electron chi connectivity index (χ2n) is 12.5. The molecule has 0 heterocycles. The van der Waals surface area contributed by atoms with E-state index in [1.807, 2.05) is 0 Å². The third-order valence-corrected chi connectivity index (χ3v) is 10.5. The van der Waals surface area contributed by atoms with E-state index in [2.05, 4.69) is 40.7 Å². The van der Waals surface area contributed by atoms with E-state index in [1.165, 1.54) is 64.2 Å². The van der Waals surface area contributed by atoms with E-state index < -0.39 is 0 Å². The SMILES string of the molecule is CC(C)CCCC[C@@H](C)[C@H]1CC[C@H]2[C@@H]3CC=C4C[C@@H](O)CC[C@]4(C)[C@H]3CC[C@]12C. The minimum atomic E-state index is -0.0767. The van der Waals surface area contributed by atoms with E-state index in [9.17, 15) is 5.11 Å². The molecule has 0 aliphatic heterocycles. The van der Waals surface area contributed by atoms with Crippen molar-refractivity contribution in [1.82, 2.24) is 0 Å². The number of allylic oxidation sites excluding steroid dienone is 1. The van der Waals surface area contributed by atoms with Crippen molar-refractivity contribution >= 4 is 0 Å². The van der Waals surface area contributed by atoms with Gasteiger partial charge in [-0.15, -0.1) is 0 Å². The molecule has 0 unspecified atom stereocenters. The summed E-state index contributed by atoms with van der Waals surface area (Å²) < 4.78 is 0. The van der Waals surface area contributed by atoms with Crippen LogP contribution in [0.4, 0.5) is 0 Å². The number of hydrogen-bond acceptors (Lipinski definition) is 1. The molecule has 4 rings (SSSR count). The highest BCUT2D eigenvalue weighted by Crippen LogP contribution is 2.67. The average molecular weight is 401 g/mol. The van der Waals surface area contributed by atoms with Crippen LogP contribution in [0.3, 0.4) is 0 Å². The third kappa shape index (κ3) is 3.88. The Morgan fingerprint density at radius 3 is 2.48 bits per heavy atom. The molecule has 3 saturated carbocycles. The minimum Gasteiger partial charge on any atom is -0.393 e.